The minimum atomic E-state index is -0.103. The third-order valence-electron chi connectivity index (χ3n) is 6.62. The van der Waals surface area contributed by atoms with Crippen molar-refractivity contribution < 1.29 is 4.79 Å². The van der Waals surface area contributed by atoms with Gasteiger partial charge in [-0.15, -0.1) is 0 Å². The number of carbonyl (C=O) groups excluding carboxylic acids is 1. The molecule has 32 heavy (non-hydrogen) atoms. The van der Waals surface area contributed by atoms with E-state index in [2.05, 4.69) is 22.3 Å². The Labute approximate surface area is 188 Å². The van der Waals surface area contributed by atoms with Crippen LogP contribution in [0, 0.1) is 11.8 Å². The van der Waals surface area contributed by atoms with Crippen LogP contribution in [0.25, 0.3) is 11.0 Å². The summed E-state index contributed by atoms with van der Waals surface area (Å²) in [5.41, 5.74) is 1.50. The maximum Gasteiger partial charge on any atom is 0.264 e. The van der Waals surface area contributed by atoms with Crippen molar-refractivity contribution in [3.63, 3.8) is 0 Å². The Kier molecular flexibility index (Phi) is 7.35. The van der Waals surface area contributed by atoms with Gasteiger partial charge in [0, 0.05) is 12.5 Å². The van der Waals surface area contributed by atoms with Crippen LogP contribution in [0.15, 0.2) is 47.7 Å². The number of nitrogens with zero attached hydrogens (tertiary/aromatic N) is 4. The van der Waals surface area contributed by atoms with E-state index < -0.39 is 0 Å². The molecule has 1 aromatic carbocycles. The van der Waals surface area contributed by atoms with Crippen LogP contribution in [0.4, 0.5) is 0 Å². The summed E-state index contributed by atoms with van der Waals surface area (Å²) in [7, 11) is 0. The molecule has 0 saturated heterocycles. The van der Waals surface area contributed by atoms with Crippen LogP contribution in [-0.4, -0.2) is 31.8 Å². The summed E-state index contributed by atoms with van der Waals surface area (Å²) in [5, 5.41) is 7.90. The van der Waals surface area contributed by atoms with Crippen molar-refractivity contribution >= 4 is 16.9 Å². The Bertz CT molecular complexity index is 1080. The zero-order valence-electron chi connectivity index (χ0n) is 18.9. The highest BCUT2D eigenvalue weighted by Crippen LogP contribution is 2.31. The highest BCUT2D eigenvalue weighted by atomic mass is 16.2. The summed E-state index contributed by atoms with van der Waals surface area (Å²) in [4.78, 5) is 29.9. The molecule has 2 aromatic heterocycles. The molecule has 0 aliphatic heterocycles. The SMILES string of the molecule is CCCCC1CCC(C(=O)NCCn2ncc3c(=O)n(Cc4ccccc4)cnc32)CC1. The second-order valence-electron chi connectivity index (χ2n) is 8.92. The molecular weight excluding hydrogens is 402 g/mol. The molecule has 0 spiro atoms. The molecular formula is C25H33N5O2. The Hall–Kier alpha value is -2.96. The van der Waals surface area contributed by atoms with Crippen molar-refractivity contribution in [1.29, 1.82) is 0 Å². The standard InChI is InChI=1S/C25H33N5O2/c1-2-3-7-19-10-12-21(13-11-19)24(31)26-14-15-30-23-22(16-28-30)25(32)29(18-27-23)17-20-8-5-4-6-9-20/h4-6,8-9,16,18-19,21H,2-3,7,10-15,17H2,1H3,(H,26,31). The molecule has 1 aliphatic rings. The normalized spacial score (nSPS) is 18.7. The molecule has 7 nitrogen and oxygen atoms in total. The number of aromatic nitrogens is 4. The van der Waals surface area contributed by atoms with Crippen molar-refractivity contribution in [2.24, 2.45) is 11.8 Å². The van der Waals surface area contributed by atoms with Crippen LogP contribution in [-0.2, 0) is 17.9 Å². The summed E-state index contributed by atoms with van der Waals surface area (Å²) in [6.07, 6.45) is 11.3. The van der Waals surface area contributed by atoms with Gasteiger partial charge in [-0.3, -0.25) is 14.2 Å². The first-order valence-electron chi connectivity index (χ1n) is 11.9. The Morgan fingerprint density at radius 3 is 2.69 bits per heavy atom. The van der Waals surface area contributed by atoms with Crippen LogP contribution in [0.1, 0.15) is 57.4 Å². The third-order valence-corrected chi connectivity index (χ3v) is 6.62. The molecule has 1 fully saturated rings. The predicted molar refractivity (Wildman–Crippen MR) is 125 cm³/mol. The van der Waals surface area contributed by atoms with Gasteiger partial charge in [-0.05, 0) is 37.2 Å². The number of unbranched alkanes of at least 4 members (excludes halogenated alkanes) is 1. The zero-order valence-corrected chi connectivity index (χ0v) is 18.9. The minimum Gasteiger partial charge on any atom is -0.354 e. The lowest BCUT2D eigenvalue weighted by atomic mass is 9.79. The molecule has 0 atom stereocenters. The monoisotopic (exact) mass is 435 g/mol. The lowest BCUT2D eigenvalue weighted by molar-refractivity contribution is -0.126. The molecule has 1 saturated carbocycles. The van der Waals surface area contributed by atoms with Crippen molar-refractivity contribution in [2.45, 2.75) is 65.0 Å². The molecule has 1 aliphatic carbocycles. The summed E-state index contributed by atoms with van der Waals surface area (Å²) < 4.78 is 3.30. The van der Waals surface area contributed by atoms with Crippen molar-refractivity contribution in [1.82, 2.24) is 24.6 Å². The van der Waals surface area contributed by atoms with Gasteiger partial charge in [0.2, 0.25) is 5.91 Å². The van der Waals surface area contributed by atoms with Crippen LogP contribution >= 0.6 is 0 Å². The molecule has 3 aromatic rings. The van der Waals surface area contributed by atoms with Crippen molar-refractivity contribution in [2.75, 3.05) is 6.54 Å². The number of fused-ring (bicyclic) bond motifs is 1. The number of nitrogens with one attached hydrogen (secondary N) is 1. The fourth-order valence-electron chi connectivity index (χ4n) is 4.69. The van der Waals surface area contributed by atoms with Crippen LogP contribution in [0.5, 0.6) is 0 Å². The van der Waals surface area contributed by atoms with Gasteiger partial charge < -0.3 is 5.32 Å². The van der Waals surface area contributed by atoms with Gasteiger partial charge in [0.25, 0.3) is 5.56 Å². The average Bonchev–Trinajstić information content (AvgIpc) is 3.24. The van der Waals surface area contributed by atoms with E-state index in [0.29, 0.717) is 30.7 Å². The van der Waals surface area contributed by atoms with E-state index in [4.69, 9.17) is 0 Å². The lowest BCUT2D eigenvalue weighted by Crippen LogP contribution is -2.35. The first-order chi connectivity index (χ1) is 15.7. The maximum atomic E-state index is 12.8. The third kappa shape index (κ3) is 5.26. The van der Waals surface area contributed by atoms with E-state index in [1.165, 1.54) is 32.1 Å². The van der Waals surface area contributed by atoms with Gasteiger partial charge in [0.15, 0.2) is 5.65 Å². The van der Waals surface area contributed by atoms with E-state index in [-0.39, 0.29) is 17.4 Å². The molecule has 7 heteroatoms. The molecule has 2 heterocycles. The highest BCUT2D eigenvalue weighted by Gasteiger charge is 2.25. The highest BCUT2D eigenvalue weighted by molar-refractivity contribution is 5.78. The Morgan fingerprint density at radius 2 is 1.94 bits per heavy atom. The topological polar surface area (TPSA) is 81.8 Å². The Morgan fingerprint density at radius 1 is 1.16 bits per heavy atom. The summed E-state index contributed by atoms with van der Waals surface area (Å²) in [5.74, 6) is 1.07. The van der Waals surface area contributed by atoms with Crippen molar-refractivity contribution in [3.05, 3.63) is 58.8 Å². The van der Waals surface area contributed by atoms with Gasteiger partial charge in [-0.2, -0.15) is 5.10 Å². The van der Waals surface area contributed by atoms with Gasteiger partial charge >= 0.3 is 0 Å². The average molecular weight is 436 g/mol. The van der Waals surface area contributed by atoms with Crippen LogP contribution in [0.3, 0.4) is 0 Å². The van der Waals surface area contributed by atoms with E-state index in [1.54, 1.807) is 21.8 Å². The molecule has 4 rings (SSSR count). The van der Waals surface area contributed by atoms with Crippen LogP contribution < -0.4 is 10.9 Å². The van der Waals surface area contributed by atoms with E-state index >= 15 is 0 Å². The first-order valence-corrected chi connectivity index (χ1v) is 11.9. The van der Waals surface area contributed by atoms with Crippen molar-refractivity contribution in [3.8, 4) is 0 Å². The maximum absolute atomic E-state index is 12.8. The Balaban J connectivity index is 1.31. The van der Waals surface area contributed by atoms with Gasteiger partial charge in [0.1, 0.15) is 11.7 Å². The van der Waals surface area contributed by atoms with E-state index in [0.717, 1.165) is 24.3 Å². The lowest BCUT2D eigenvalue weighted by Gasteiger charge is -2.27. The largest absolute Gasteiger partial charge is 0.354 e. The number of rotatable bonds is 9. The molecule has 1 amide bonds. The number of hydrogen-bond donors (Lipinski definition) is 1. The molecule has 1 N–H and O–H groups in total. The number of hydrogen-bond acceptors (Lipinski definition) is 4. The second-order valence-corrected chi connectivity index (χ2v) is 8.92. The molecule has 170 valence electrons. The van der Waals surface area contributed by atoms with Gasteiger partial charge in [-0.25, -0.2) is 9.67 Å². The van der Waals surface area contributed by atoms with Gasteiger partial charge in [-0.1, -0.05) is 56.5 Å². The fraction of sp³-hybridized carbons (Fsp3) is 0.520. The zero-order chi connectivity index (χ0) is 22.3. The number of amides is 1. The molecule has 0 unspecified atom stereocenters. The number of carbonyl (C=O) groups is 1. The number of benzene rings is 1. The smallest absolute Gasteiger partial charge is 0.264 e. The van der Waals surface area contributed by atoms with E-state index in [1.807, 2.05) is 30.3 Å². The molecule has 0 radical (unpaired) electrons. The second kappa shape index (κ2) is 10.6. The minimum absolute atomic E-state index is 0.103. The van der Waals surface area contributed by atoms with Gasteiger partial charge in [0.05, 0.1) is 19.3 Å². The summed E-state index contributed by atoms with van der Waals surface area (Å²) >= 11 is 0. The van der Waals surface area contributed by atoms with Crippen LogP contribution in [0.2, 0.25) is 0 Å². The fourth-order valence-corrected chi connectivity index (χ4v) is 4.69. The first kappa shape index (κ1) is 22.2. The van der Waals surface area contributed by atoms with E-state index in [9.17, 15) is 9.59 Å². The molecule has 0 bridgehead atoms. The summed E-state index contributed by atoms with van der Waals surface area (Å²) in [6, 6.07) is 9.84. The summed E-state index contributed by atoms with van der Waals surface area (Å²) in [6.45, 7) is 3.69. The quantitative estimate of drug-likeness (QED) is 0.555. The predicted octanol–water partition coefficient (Wildman–Crippen LogP) is 3.75.